The van der Waals surface area contributed by atoms with Gasteiger partial charge >= 0.3 is 0 Å². The highest BCUT2D eigenvalue weighted by Crippen LogP contribution is 2.27. The number of amides is 1. The predicted octanol–water partition coefficient (Wildman–Crippen LogP) is 2.90. The van der Waals surface area contributed by atoms with Gasteiger partial charge in [0.1, 0.15) is 0 Å². The van der Waals surface area contributed by atoms with Crippen LogP contribution in [0.4, 0.5) is 5.69 Å². The summed E-state index contributed by atoms with van der Waals surface area (Å²) in [7, 11) is -0.622. The summed E-state index contributed by atoms with van der Waals surface area (Å²) in [5.74, 6) is -0.239. The van der Waals surface area contributed by atoms with Crippen molar-refractivity contribution >= 4 is 21.6 Å². The van der Waals surface area contributed by atoms with Crippen molar-refractivity contribution in [3.05, 3.63) is 59.7 Å². The van der Waals surface area contributed by atoms with Crippen LogP contribution >= 0.6 is 0 Å². The summed E-state index contributed by atoms with van der Waals surface area (Å²) in [5.41, 5.74) is 2.37. The van der Waals surface area contributed by atoms with Crippen LogP contribution in [0, 0.1) is 0 Å². The summed E-state index contributed by atoms with van der Waals surface area (Å²) in [4.78, 5) is 15.3. The number of carbonyl (C=O) groups excluding carboxylic acids is 1. The number of sulfonamides is 1. The van der Waals surface area contributed by atoms with Crippen LogP contribution in [0.3, 0.4) is 0 Å². The maximum atomic E-state index is 13.0. The number of carbonyl (C=O) groups is 1. The van der Waals surface area contributed by atoms with Crippen LogP contribution in [-0.2, 0) is 16.4 Å². The Morgan fingerprint density at radius 3 is 2.38 bits per heavy atom. The number of anilines is 1. The van der Waals surface area contributed by atoms with Crippen LogP contribution in [0.1, 0.15) is 35.2 Å². The van der Waals surface area contributed by atoms with Crippen molar-refractivity contribution in [1.82, 2.24) is 9.62 Å². The smallest absolute Gasteiger partial charge is 0.253 e. The molecule has 1 N–H and O–H groups in total. The van der Waals surface area contributed by atoms with E-state index in [0.717, 1.165) is 43.6 Å². The quantitative estimate of drug-likeness (QED) is 0.755. The predicted molar refractivity (Wildman–Crippen MR) is 116 cm³/mol. The van der Waals surface area contributed by atoms with Crippen LogP contribution in [0.5, 0.6) is 0 Å². The van der Waals surface area contributed by atoms with Gasteiger partial charge in [-0.25, -0.2) is 12.7 Å². The first-order chi connectivity index (χ1) is 13.9. The molecule has 1 amide bonds. The molecule has 0 spiro atoms. The summed E-state index contributed by atoms with van der Waals surface area (Å²) in [6, 6.07) is 14.8. The zero-order valence-corrected chi connectivity index (χ0v) is 17.9. The molecule has 7 heteroatoms. The number of hydrogen-bond acceptors (Lipinski definition) is 4. The van der Waals surface area contributed by atoms with E-state index in [0.29, 0.717) is 12.1 Å². The molecular formula is C22H29N3O3S. The molecule has 2 aromatic carbocycles. The number of hydrogen-bond donors (Lipinski definition) is 1. The molecule has 6 nitrogen and oxygen atoms in total. The van der Waals surface area contributed by atoms with Crippen LogP contribution in [0.2, 0.25) is 0 Å². The summed E-state index contributed by atoms with van der Waals surface area (Å²) in [6.45, 7) is 2.25. The molecule has 29 heavy (non-hydrogen) atoms. The Labute approximate surface area is 173 Å². The van der Waals surface area contributed by atoms with Crippen LogP contribution in [0.25, 0.3) is 0 Å². The first-order valence-corrected chi connectivity index (χ1v) is 11.5. The highest BCUT2D eigenvalue weighted by molar-refractivity contribution is 7.89. The van der Waals surface area contributed by atoms with E-state index in [4.69, 9.17) is 0 Å². The topological polar surface area (TPSA) is 69.7 Å². The molecule has 1 aliphatic rings. The molecule has 1 aliphatic heterocycles. The molecule has 0 saturated carbocycles. The normalized spacial score (nSPS) is 14.8. The van der Waals surface area contributed by atoms with Crippen molar-refractivity contribution in [3.8, 4) is 0 Å². The Bertz CT molecular complexity index is 937. The van der Waals surface area contributed by atoms with Gasteiger partial charge in [-0.2, -0.15) is 0 Å². The largest absolute Gasteiger partial charge is 0.371 e. The molecule has 0 bridgehead atoms. The standard InChI is InChI=1S/C22H29N3O3S/c1-24(2)29(27,28)19-11-12-21(25-15-7-4-8-16-25)20(17-19)22(26)23-14-13-18-9-5-3-6-10-18/h3,5-6,9-12,17H,4,7-8,13-16H2,1-2H3,(H,23,26). The number of nitrogens with zero attached hydrogens (tertiary/aromatic N) is 2. The number of benzene rings is 2. The van der Waals surface area contributed by atoms with Crippen molar-refractivity contribution in [3.63, 3.8) is 0 Å². The van der Waals surface area contributed by atoms with Gasteiger partial charge in [-0.05, 0) is 49.4 Å². The third-order valence-corrected chi connectivity index (χ3v) is 7.04. The van der Waals surface area contributed by atoms with Crippen LogP contribution in [-0.4, -0.2) is 52.4 Å². The van der Waals surface area contributed by atoms with E-state index in [1.807, 2.05) is 30.3 Å². The van der Waals surface area contributed by atoms with Gasteiger partial charge in [0.2, 0.25) is 10.0 Å². The van der Waals surface area contributed by atoms with E-state index < -0.39 is 10.0 Å². The van der Waals surface area contributed by atoms with E-state index in [1.165, 1.54) is 30.9 Å². The first-order valence-electron chi connectivity index (χ1n) is 10.0. The van der Waals surface area contributed by atoms with E-state index in [1.54, 1.807) is 12.1 Å². The molecule has 1 heterocycles. The molecule has 3 rings (SSSR count). The fourth-order valence-electron chi connectivity index (χ4n) is 3.54. The molecule has 1 fully saturated rings. The molecule has 2 aromatic rings. The molecule has 0 radical (unpaired) electrons. The Morgan fingerprint density at radius 1 is 1.03 bits per heavy atom. The minimum Gasteiger partial charge on any atom is -0.371 e. The number of piperidine rings is 1. The summed E-state index contributed by atoms with van der Waals surface area (Å²) in [6.07, 6.45) is 4.06. The lowest BCUT2D eigenvalue weighted by Crippen LogP contribution is -2.33. The van der Waals surface area contributed by atoms with Crippen molar-refractivity contribution in [2.24, 2.45) is 0 Å². The van der Waals surface area contributed by atoms with E-state index in [2.05, 4.69) is 10.2 Å². The zero-order valence-electron chi connectivity index (χ0n) is 17.1. The number of rotatable bonds is 7. The third kappa shape index (κ3) is 5.16. The monoisotopic (exact) mass is 415 g/mol. The van der Waals surface area contributed by atoms with Crippen molar-refractivity contribution in [2.75, 3.05) is 38.6 Å². The maximum absolute atomic E-state index is 13.0. The first kappa shape index (κ1) is 21.3. The lowest BCUT2D eigenvalue weighted by Gasteiger charge is -2.30. The van der Waals surface area contributed by atoms with Crippen LogP contribution < -0.4 is 10.2 Å². The van der Waals surface area contributed by atoms with Gasteiger partial charge in [0.05, 0.1) is 10.5 Å². The fraction of sp³-hybridized carbons (Fsp3) is 0.409. The molecule has 0 aromatic heterocycles. The van der Waals surface area contributed by atoms with Gasteiger partial charge in [0.25, 0.3) is 5.91 Å². The second kappa shape index (κ2) is 9.41. The molecular weight excluding hydrogens is 386 g/mol. The Kier molecular flexibility index (Phi) is 6.92. The van der Waals surface area contributed by atoms with Gasteiger partial charge in [-0.15, -0.1) is 0 Å². The number of nitrogens with one attached hydrogen (secondary N) is 1. The highest BCUT2D eigenvalue weighted by Gasteiger charge is 2.24. The average Bonchev–Trinajstić information content (AvgIpc) is 2.74. The van der Waals surface area contributed by atoms with E-state index in [9.17, 15) is 13.2 Å². The maximum Gasteiger partial charge on any atom is 0.253 e. The molecule has 1 saturated heterocycles. The summed E-state index contributed by atoms with van der Waals surface area (Å²) in [5, 5.41) is 2.96. The minimum atomic E-state index is -3.61. The second-order valence-corrected chi connectivity index (χ2v) is 9.66. The van der Waals surface area contributed by atoms with Crippen molar-refractivity contribution in [1.29, 1.82) is 0 Å². The Balaban J connectivity index is 1.84. The SMILES string of the molecule is CN(C)S(=O)(=O)c1ccc(N2CCCCC2)c(C(=O)NCCc2ccccc2)c1. The van der Waals surface area contributed by atoms with E-state index in [-0.39, 0.29) is 10.8 Å². The fourth-order valence-corrected chi connectivity index (χ4v) is 4.47. The van der Waals surface area contributed by atoms with Gasteiger partial charge in [0.15, 0.2) is 0 Å². The van der Waals surface area contributed by atoms with Crippen molar-refractivity contribution < 1.29 is 13.2 Å². The van der Waals surface area contributed by atoms with Gasteiger partial charge in [-0.1, -0.05) is 30.3 Å². The molecule has 0 aliphatic carbocycles. The molecule has 0 atom stereocenters. The van der Waals surface area contributed by atoms with Crippen LogP contribution in [0.15, 0.2) is 53.4 Å². The van der Waals surface area contributed by atoms with Gasteiger partial charge < -0.3 is 10.2 Å². The minimum absolute atomic E-state index is 0.136. The summed E-state index contributed by atoms with van der Waals surface area (Å²) >= 11 is 0. The Morgan fingerprint density at radius 2 is 1.72 bits per heavy atom. The van der Waals surface area contributed by atoms with E-state index >= 15 is 0 Å². The average molecular weight is 416 g/mol. The third-order valence-electron chi connectivity index (χ3n) is 5.23. The summed E-state index contributed by atoms with van der Waals surface area (Å²) < 4.78 is 26.3. The lowest BCUT2D eigenvalue weighted by molar-refractivity contribution is 0.0954. The van der Waals surface area contributed by atoms with Gasteiger partial charge in [0, 0.05) is 39.4 Å². The van der Waals surface area contributed by atoms with Gasteiger partial charge in [-0.3, -0.25) is 4.79 Å². The Hall–Kier alpha value is -2.38. The molecule has 156 valence electrons. The second-order valence-electron chi connectivity index (χ2n) is 7.51. The van der Waals surface area contributed by atoms with Crippen molar-refractivity contribution in [2.45, 2.75) is 30.6 Å². The molecule has 0 unspecified atom stereocenters. The highest BCUT2D eigenvalue weighted by atomic mass is 32.2. The zero-order chi connectivity index (χ0) is 20.9. The lowest BCUT2D eigenvalue weighted by atomic mass is 10.1.